The SMILES string of the molecule is C=CCn1c(SCC(=O)Nc2ccc(OCC)cc2)nc2nc(N3CCCCC3)sc2c1=O. The third-order valence-electron chi connectivity index (χ3n) is 5.19. The van der Waals surface area contributed by atoms with E-state index >= 15 is 0 Å². The Hall–Kier alpha value is -2.85. The summed E-state index contributed by atoms with van der Waals surface area (Å²) in [5, 5.41) is 4.17. The summed E-state index contributed by atoms with van der Waals surface area (Å²) in [6.07, 6.45) is 5.15. The highest BCUT2D eigenvalue weighted by Crippen LogP contribution is 2.29. The highest BCUT2D eigenvalue weighted by atomic mass is 32.2. The average molecular weight is 486 g/mol. The lowest BCUT2D eigenvalue weighted by Gasteiger charge is -2.25. The second-order valence-corrected chi connectivity index (χ2v) is 9.51. The molecule has 0 spiro atoms. The Kier molecular flexibility index (Phi) is 7.66. The van der Waals surface area contributed by atoms with Crippen LogP contribution >= 0.6 is 23.1 Å². The number of ether oxygens (including phenoxy) is 1. The van der Waals surface area contributed by atoms with Crippen molar-refractivity contribution in [2.24, 2.45) is 0 Å². The molecule has 33 heavy (non-hydrogen) atoms. The van der Waals surface area contributed by atoms with Gasteiger partial charge in [0.2, 0.25) is 5.91 Å². The molecule has 0 aliphatic carbocycles. The number of hydrogen-bond acceptors (Lipinski definition) is 8. The molecule has 1 fully saturated rings. The maximum Gasteiger partial charge on any atom is 0.274 e. The first kappa shape index (κ1) is 23.3. The van der Waals surface area contributed by atoms with Crippen LogP contribution in [-0.2, 0) is 11.3 Å². The lowest BCUT2D eigenvalue weighted by atomic mass is 10.1. The van der Waals surface area contributed by atoms with Crippen LogP contribution in [0.25, 0.3) is 10.3 Å². The van der Waals surface area contributed by atoms with E-state index in [0.717, 1.165) is 36.8 Å². The van der Waals surface area contributed by atoms with Crippen LogP contribution < -0.4 is 20.5 Å². The molecule has 3 heterocycles. The summed E-state index contributed by atoms with van der Waals surface area (Å²) >= 11 is 2.61. The maximum atomic E-state index is 13.2. The summed E-state index contributed by atoms with van der Waals surface area (Å²) in [6, 6.07) is 7.21. The van der Waals surface area contributed by atoms with Crippen LogP contribution in [0, 0.1) is 0 Å². The molecule has 0 saturated carbocycles. The van der Waals surface area contributed by atoms with Gasteiger partial charge in [0.25, 0.3) is 5.56 Å². The number of piperidine rings is 1. The lowest BCUT2D eigenvalue weighted by molar-refractivity contribution is -0.113. The Morgan fingerprint density at radius 2 is 2.00 bits per heavy atom. The van der Waals surface area contributed by atoms with Gasteiger partial charge in [0, 0.05) is 25.3 Å². The van der Waals surface area contributed by atoms with Gasteiger partial charge >= 0.3 is 0 Å². The van der Waals surface area contributed by atoms with Gasteiger partial charge < -0.3 is 15.0 Å². The van der Waals surface area contributed by atoms with Gasteiger partial charge in [0.05, 0.1) is 12.4 Å². The molecule has 10 heteroatoms. The van der Waals surface area contributed by atoms with Crippen molar-refractivity contribution in [3.63, 3.8) is 0 Å². The standard InChI is InChI=1S/C23H27N5O3S2/c1-3-12-28-21(30)19-20(25-22(33-19)27-13-6-5-7-14-27)26-23(28)32-15-18(29)24-16-8-10-17(11-9-16)31-4-2/h3,8-11H,1,4-7,12-15H2,2H3,(H,24,29). The number of benzene rings is 1. The minimum atomic E-state index is -0.184. The fraction of sp³-hybridized carbons (Fsp3) is 0.391. The molecule has 0 atom stereocenters. The van der Waals surface area contributed by atoms with Gasteiger partial charge in [-0.3, -0.25) is 14.2 Å². The zero-order valence-electron chi connectivity index (χ0n) is 18.6. The number of carbonyl (C=O) groups excluding carboxylic acids is 1. The second kappa shape index (κ2) is 10.8. The molecule has 2 aromatic heterocycles. The van der Waals surface area contributed by atoms with Crippen molar-refractivity contribution in [1.29, 1.82) is 0 Å². The third-order valence-corrected chi connectivity index (χ3v) is 7.26. The van der Waals surface area contributed by atoms with Crippen LogP contribution in [0.2, 0.25) is 0 Å². The maximum absolute atomic E-state index is 13.2. The van der Waals surface area contributed by atoms with E-state index < -0.39 is 0 Å². The number of nitrogens with zero attached hydrogens (tertiary/aromatic N) is 4. The second-order valence-electron chi connectivity index (χ2n) is 7.59. The molecule has 0 bridgehead atoms. The normalized spacial score (nSPS) is 13.8. The first-order valence-corrected chi connectivity index (χ1v) is 12.8. The van der Waals surface area contributed by atoms with Gasteiger partial charge in [-0.15, -0.1) is 6.58 Å². The van der Waals surface area contributed by atoms with Gasteiger partial charge in [-0.05, 0) is 50.5 Å². The number of rotatable bonds is 9. The Balaban J connectivity index is 1.50. The molecule has 174 valence electrons. The Morgan fingerprint density at radius 3 is 2.70 bits per heavy atom. The molecule has 1 aromatic carbocycles. The van der Waals surface area contributed by atoms with Crippen molar-refractivity contribution in [3.05, 3.63) is 47.3 Å². The summed E-state index contributed by atoms with van der Waals surface area (Å²) in [5.74, 6) is 0.685. The van der Waals surface area contributed by atoms with Crippen molar-refractivity contribution in [1.82, 2.24) is 14.5 Å². The monoisotopic (exact) mass is 485 g/mol. The number of aromatic nitrogens is 3. The first-order valence-electron chi connectivity index (χ1n) is 11.0. The molecular formula is C23H27N5O3S2. The lowest BCUT2D eigenvalue weighted by Crippen LogP contribution is -2.29. The van der Waals surface area contributed by atoms with Crippen molar-refractivity contribution in [2.45, 2.75) is 37.9 Å². The fourth-order valence-corrected chi connectivity index (χ4v) is 5.43. The summed E-state index contributed by atoms with van der Waals surface area (Å²) < 4.78 is 7.52. The summed E-state index contributed by atoms with van der Waals surface area (Å²) in [4.78, 5) is 37.2. The number of thioether (sulfide) groups is 1. The molecule has 0 unspecified atom stereocenters. The number of anilines is 2. The molecule has 0 radical (unpaired) electrons. The van der Waals surface area contributed by atoms with Crippen molar-refractivity contribution in [2.75, 3.05) is 35.7 Å². The molecule has 1 saturated heterocycles. The predicted octanol–water partition coefficient (Wildman–Crippen LogP) is 4.16. The van der Waals surface area contributed by atoms with Gasteiger partial charge in [0.1, 0.15) is 10.4 Å². The topological polar surface area (TPSA) is 89.3 Å². The number of allylic oxidation sites excluding steroid dienone is 1. The summed E-state index contributed by atoms with van der Waals surface area (Å²) in [7, 11) is 0. The Morgan fingerprint density at radius 1 is 1.24 bits per heavy atom. The van der Waals surface area contributed by atoms with Crippen molar-refractivity contribution < 1.29 is 9.53 Å². The largest absolute Gasteiger partial charge is 0.494 e. The van der Waals surface area contributed by atoms with Crippen LogP contribution in [0.5, 0.6) is 5.75 Å². The number of carbonyl (C=O) groups is 1. The van der Waals surface area contributed by atoms with Crippen molar-refractivity contribution >= 4 is 50.2 Å². The summed E-state index contributed by atoms with van der Waals surface area (Å²) in [6.45, 7) is 8.50. The first-order chi connectivity index (χ1) is 16.1. The van der Waals surface area contributed by atoms with Crippen molar-refractivity contribution in [3.8, 4) is 5.75 Å². The van der Waals surface area contributed by atoms with Gasteiger partial charge in [-0.1, -0.05) is 29.2 Å². The van der Waals surface area contributed by atoms with E-state index in [4.69, 9.17) is 4.74 Å². The van der Waals surface area contributed by atoms with E-state index in [1.807, 2.05) is 19.1 Å². The molecule has 1 amide bonds. The van der Waals surface area contributed by atoms with Crippen LogP contribution in [-0.4, -0.2) is 45.9 Å². The smallest absolute Gasteiger partial charge is 0.274 e. The van der Waals surface area contributed by atoms with E-state index in [1.54, 1.807) is 22.8 Å². The molecule has 3 aromatic rings. The van der Waals surface area contributed by atoms with E-state index in [9.17, 15) is 9.59 Å². The van der Waals surface area contributed by atoms with Gasteiger partial charge in [0.15, 0.2) is 15.9 Å². The fourth-order valence-electron chi connectivity index (χ4n) is 3.63. The quantitative estimate of drug-likeness (QED) is 0.277. The molecular weight excluding hydrogens is 458 g/mol. The molecule has 4 rings (SSSR count). The third kappa shape index (κ3) is 5.56. The Labute approximate surface area is 200 Å². The number of hydrogen-bond donors (Lipinski definition) is 1. The van der Waals surface area contributed by atoms with Crippen LogP contribution in [0.15, 0.2) is 46.9 Å². The Bertz CT molecular complexity index is 1180. The highest BCUT2D eigenvalue weighted by molar-refractivity contribution is 7.99. The minimum absolute atomic E-state index is 0.116. The van der Waals surface area contributed by atoms with E-state index in [1.165, 1.54) is 29.5 Å². The van der Waals surface area contributed by atoms with Gasteiger partial charge in [-0.2, -0.15) is 4.98 Å². The zero-order valence-corrected chi connectivity index (χ0v) is 20.2. The van der Waals surface area contributed by atoms with Gasteiger partial charge in [-0.25, -0.2) is 4.98 Å². The average Bonchev–Trinajstić information content (AvgIpc) is 3.26. The van der Waals surface area contributed by atoms with E-state index in [2.05, 4.69) is 26.8 Å². The zero-order chi connectivity index (χ0) is 23.2. The van der Waals surface area contributed by atoms with Crippen LogP contribution in [0.3, 0.4) is 0 Å². The number of amides is 1. The molecule has 8 nitrogen and oxygen atoms in total. The number of fused-ring (bicyclic) bond motifs is 1. The molecule has 1 N–H and O–H groups in total. The molecule has 1 aliphatic heterocycles. The molecule has 1 aliphatic rings. The van der Waals surface area contributed by atoms with Crippen LogP contribution in [0.1, 0.15) is 26.2 Å². The van der Waals surface area contributed by atoms with E-state index in [0.29, 0.717) is 34.3 Å². The van der Waals surface area contributed by atoms with Crippen LogP contribution in [0.4, 0.5) is 10.8 Å². The highest BCUT2D eigenvalue weighted by Gasteiger charge is 2.20. The summed E-state index contributed by atoms with van der Waals surface area (Å²) in [5.41, 5.74) is 0.983. The number of thiazole rings is 1. The number of nitrogens with one attached hydrogen (secondary N) is 1. The predicted molar refractivity (Wildman–Crippen MR) is 135 cm³/mol. The minimum Gasteiger partial charge on any atom is -0.494 e. The van der Waals surface area contributed by atoms with E-state index in [-0.39, 0.29) is 17.2 Å².